The first-order chi connectivity index (χ1) is 6.49. The van der Waals surface area contributed by atoms with E-state index in [0.717, 1.165) is 12.3 Å². The fraction of sp³-hybridized carbons (Fsp3) is 0.375. The number of alkyl halides is 4. The number of hydrogen-bond acceptors (Lipinski definition) is 2. The quantitative estimate of drug-likeness (QED) is 0.835. The minimum atomic E-state index is -4.34. The second kappa shape index (κ2) is 4.16. The van der Waals surface area contributed by atoms with E-state index in [9.17, 15) is 13.2 Å². The lowest BCUT2D eigenvalue weighted by atomic mass is 10.2. The highest BCUT2D eigenvalue weighted by Crippen LogP contribution is 2.31. The Labute approximate surface area is 87.7 Å². The SMILES string of the molecule is CNc1ncc(C(F)(F)F)cc1CBr. The molecule has 2 nitrogen and oxygen atoms in total. The monoisotopic (exact) mass is 268 g/mol. The highest BCUT2D eigenvalue weighted by Gasteiger charge is 2.31. The van der Waals surface area contributed by atoms with Gasteiger partial charge in [0.15, 0.2) is 0 Å². The Morgan fingerprint density at radius 1 is 1.50 bits per heavy atom. The lowest BCUT2D eigenvalue weighted by Crippen LogP contribution is -2.08. The van der Waals surface area contributed by atoms with Gasteiger partial charge < -0.3 is 5.32 Å². The van der Waals surface area contributed by atoms with Crippen molar-refractivity contribution in [3.05, 3.63) is 23.4 Å². The van der Waals surface area contributed by atoms with Crippen molar-refractivity contribution in [2.75, 3.05) is 12.4 Å². The molecule has 78 valence electrons. The summed E-state index contributed by atoms with van der Waals surface area (Å²) in [4.78, 5) is 3.67. The lowest BCUT2D eigenvalue weighted by molar-refractivity contribution is -0.137. The highest BCUT2D eigenvalue weighted by molar-refractivity contribution is 9.08. The minimum absolute atomic E-state index is 0.333. The fourth-order valence-electron chi connectivity index (χ4n) is 0.992. The Kier molecular flexibility index (Phi) is 3.36. The molecule has 14 heavy (non-hydrogen) atoms. The Balaban J connectivity index is 3.14. The molecular formula is C8H8BrF3N2. The first kappa shape index (κ1) is 11.3. The molecule has 6 heteroatoms. The maximum absolute atomic E-state index is 12.3. The van der Waals surface area contributed by atoms with Crippen LogP contribution in [0.2, 0.25) is 0 Å². The van der Waals surface area contributed by atoms with Gasteiger partial charge in [-0.1, -0.05) is 15.9 Å². The van der Waals surface area contributed by atoms with E-state index in [-0.39, 0.29) is 0 Å². The highest BCUT2D eigenvalue weighted by atomic mass is 79.9. The van der Waals surface area contributed by atoms with Crippen molar-refractivity contribution >= 4 is 21.7 Å². The first-order valence-electron chi connectivity index (χ1n) is 3.79. The summed E-state index contributed by atoms with van der Waals surface area (Å²) in [6, 6.07) is 1.08. The summed E-state index contributed by atoms with van der Waals surface area (Å²) in [5.41, 5.74) is -0.242. The molecular weight excluding hydrogens is 261 g/mol. The molecule has 0 aliphatic carbocycles. The van der Waals surface area contributed by atoms with Crippen LogP contribution >= 0.6 is 15.9 Å². The van der Waals surface area contributed by atoms with E-state index < -0.39 is 11.7 Å². The zero-order chi connectivity index (χ0) is 10.8. The Morgan fingerprint density at radius 2 is 2.14 bits per heavy atom. The average molecular weight is 269 g/mol. The number of pyridine rings is 1. The van der Waals surface area contributed by atoms with Gasteiger partial charge in [-0.2, -0.15) is 13.2 Å². The van der Waals surface area contributed by atoms with E-state index in [2.05, 4.69) is 26.2 Å². The van der Waals surface area contributed by atoms with Crippen LogP contribution in [0, 0.1) is 0 Å². The third-order valence-corrected chi connectivity index (χ3v) is 2.28. The van der Waals surface area contributed by atoms with E-state index in [1.807, 2.05) is 0 Å². The van der Waals surface area contributed by atoms with Crippen molar-refractivity contribution in [2.24, 2.45) is 0 Å². The average Bonchev–Trinajstić information content (AvgIpc) is 2.15. The summed E-state index contributed by atoms with van der Waals surface area (Å²) in [7, 11) is 1.61. The summed E-state index contributed by atoms with van der Waals surface area (Å²) in [6.45, 7) is 0. The van der Waals surface area contributed by atoms with Crippen LogP contribution in [0.25, 0.3) is 0 Å². The van der Waals surface area contributed by atoms with Crippen LogP contribution < -0.4 is 5.32 Å². The fourth-order valence-corrected chi connectivity index (χ4v) is 1.42. The van der Waals surface area contributed by atoms with Crippen LogP contribution in [-0.4, -0.2) is 12.0 Å². The summed E-state index contributed by atoms with van der Waals surface area (Å²) in [6.07, 6.45) is -3.52. The van der Waals surface area contributed by atoms with E-state index in [0.29, 0.717) is 16.7 Å². The number of rotatable bonds is 2. The molecule has 0 fully saturated rings. The molecule has 1 N–H and O–H groups in total. The van der Waals surface area contributed by atoms with Gasteiger partial charge in [0.05, 0.1) is 5.56 Å². The Hall–Kier alpha value is -0.780. The van der Waals surface area contributed by atoms with Gasteiger partial charge in [0.25, 0.3) is 0 Å². The maximum atomic E-state index is 12.3. The number of nitrogens with one attached hydrogen (secondary N) is 1. The largest absolute Gasteiger partial charge is 0.417 e. The Morgan fingerprint density at radius 3 is 2.57 bits per heavy atom. The summed E-state index contributed by atoms with van der Waals surface area (Å²) >= 11 is 3.10. The molecule has 0 unspecified atom stereocenters. The molecule has 0 bridgehead atoms. The standard InChI is InChI=1S/C8H8BrF3N2/c1-13-7-5(3-9)2-6(4-14-7)8(10,11)12/h2,4H,3H2,1H3,(H,13,14). The van der Waals surface area contributed by atoms with Gasteiger partial charge in [0.1, 0.15) is 5.82 Å². The molecule has 0 saturated carbocycles. The van der Waals surface area contributed by atoms with Crippen LogP contribution in [0.5, 0.6) is 0 Å². The molecule has 1 aromatic rings. The van der Waals surface area contributed by atoms with Crippen LogP contribution in [0.4, 0.5) is 19.0 Å². The summed E-state index contributed by atoms with van der Waals surface area (Å²) in [5, 5.41) is 3.05. The number of nitrogens with zero attached hydrogens (tertiary/aromatic N) is 1. The van der Waals surface area contributed by atoms with Gasteiger partial charge in [0, 0.05) is 24.1 Å². The van der Waals surface area contributed by atoms with E-state index >= 15 is 0 Å². The molecule has 0 saturated heterocycles. The third-order valence-electron chi connectivity index (χ3n) is 1.67. The number of halogens is 4. The van der Waals surface area contributed by atoms with E-state index in [1.54, 1.807) is 7.05 Å². The van der Waals surface area contributed by atoms with Crippen LogP contribution in [0.1, 0.15) is 11.1 Å². The normalized spacial score (nSPS) is 11.5. The molecule has 0 aliphatic rings. The topological polar surface area (TPSA) is 24.9 Å². The third kappa shape index (κ3) is 2.37. The number of anilines is 1. The second-order valence-corrected chi connectivity index (χ2v) is 3.17. The molecule has 1 heterocycles. The summed E-state index contributed by atoms with van der Waals surface area (Å²) in [5.74, 6) is 0.454. The van der Waals surface area contributed by atoms with Gasteiger partial charge in [0.2, 0.25) is 0 Å². The van der Waals surface area contributed by atoms with Crippen molar-refractivity contribution in [3.63, 3.8) is 0 Å². The van der Waals surface area contributed by atoms with E-state index in [4.69, 9.17) is 0 Å². The predicted molar refractivity (Wildman–Crippen MR) is 51.4 cm³/mol. The van der Waals surface area contributed by atoms with Gasteiger partial charge in [-0.15, -0.1) is 0 Å². The lowest BCUT2D eigenvalue weighted by Gasteiger charge is -2.10. The molecule has 1 rings (SSSR count). The predicted octanol–water partition coefficient (Wildman–Crippen LogP) is 3.04. The molecule has 0 amide bonds. The first-order valence-corrected chi connectivity index (χ1v) is 4.91. The van der Waals surface area contributed by atoms with Crippen LogP contribution in [-0.2, 0) is 11.5 Å². The molecule has 0 radical (unpaired) electrons. The molecule has 0 aromatic carbocycles. The molecule has 0 spiro atoms. The van der Waals surface area contributed by atoms with Crippen molar-refractivity contribution in [3.8, 4) is 0 Å². The molecule has 1 aromatic heterocycles. The van der Waals surface area contributed by atoms with Gasteiger partial charge in [-0.05, 0) is 6.07 Å². The van der Waals surface area contributed by atoms with Gasteiger partial charge in [-0.25, -0.2) is 4.98 Å². The number of hydrogen-bond donors (Lipinski definition) is 1. The van der Waals surface area contributed by atoms with Gasteiger partial charge in [-0.3, -0.25) is 0 Å². The van der Waals surface area contributed by atoms with Crippen molar-refractivity contribution < 1.29 is 13.2 Å². The summed E-state index contributed by atoms with van der Waals surface area (Å²) < 4.78 is 36.8. The van der Waals surface area contributed by atoms with Crippen molar-refractivity contribution in [1.29, 1.82) is 0 Å². The van der Waals surface area contributed by atoms with Crippen LogP contribution in [0.15, 0.2) is 12.3 Å². The second-order valence-electron chi connectivity index (χ2n) is 2.61. The van der Waals surface area contributed by atoms with Crippen molar-refractivity contribution in [2.45, 2.75) is 11.5 Å². The number of aromatic nitrogens is 1. The van der Waals surface area contributed by atoms with E-state index in [1.165, 1.54) is 0 Å². The zero-order valence-electron chi connectivity index (χ0n) is 7.32. The van der Waals surface area contributed by atoms with Crippen molar-refractivity contribution in [1.82, 2.24) is 4.98 Å². The molecule has 0 atom stereocenters. The minimum Gasteiger partial charge on any atom is -0.373 e. The zero-order valence-corrected chi connectivity index (χ0v) is 8.91. The molecule has 0 aliphatic heterocycles. The maximum Gasteiger partial charge on any atom is 0.417 e. The Bertz CT molecular complexity index is 325. The smallest absolute Gasteiger partial charge is 0.373 e. The van der Waals surface area contributed by atoms with Gasteiger partial charge >= 0.3 is 6.18 Å². The van der Waals surface area contributed by atoms with Crippen LogP contribution in [0.3, 0.4) is 0 Å².